The van der Waals surface area contributed by atoms with Crippen molar-refractivity contribution in [2.45, 2.75) is 12.7 Å². The summed E-state index contributed by atoms with van der Waals surface area (Å²) in [6, 6.07) is 3.52. The minimum atomic E-state index is -4.64. The molecule has 0 fully saturated rings. The summed E-state index contributed by atoms with van der Waals surface area (Å²) < 4.78 is 44.9. The largest absolute Gasteiger partial charge is 0.465 e. The van der Waals surface area contributed by atoms with Crippen LogP contribution in [0.5, 0.6) is 0 Å². The van der Waals surface area contributed by atoms with Crippen molar-refractivity contribution >= 4 is 23.5 Å². The lowest BCUT2D eigenvalue weighted by Gasteiger charge is -2.16. The number of ether oxygens (including phenoxy) is 1. The number of halogens is 4. The topological polar surface area (TPSA) is 68.6 Å². The SMILES string of the molecule is COC(=O)c1cc(=O)n(CC(=O)N(C)C)cc1-c1cc(C(F)(F)F)ccc1Cl. The third-order valence-corrected chi connectivity index (χ3v) is 4.25. The Hall–Kier alpha value is -2.81. The molecule has 0 saturated carbocycles. The summed E-state index contributed by atoms with van der Waals surface area (Å²) in [5.74, 6) is -1.35. The van der Waals surface area contributed by atoms with Gasteiger partial charge < -0.3 is 14.2 Å². The number of esters is 1. The summed E-state index contributed by atoms with van der Waals surface area (Å²) in [7, 11) is 4.04. The van der Waals surface area contributed by atoms with Gasteiger partial charge in [0.1, 0.15) is 6.54 Å². The number of hydrogen-bond acceptors (Lipinski definition) is 4. The lowest BCUT2D eigenvalue weighted by atomic mass is 9.99. The second kappa shape index (κ2) is 8.05. The molecule has 0 saturated heterocycles. The number of benzene rings is 1. The maximum atomic E-state index is 13.1. The van der Waals surface area contributed by atoms with Gasteiger partial charge in [-0.05, 0) is 18.2 Å². The lowest BCUT2D eigenvalue weighted by molar-refractivity contribution is -0.137. The summed E-state index contributed by atoms with van der Waals surface area (Å²) in [6.45, 7) is -0.364. The zero-order chi connectivity index (χ0) is 21.2. The van der Waals surface area contributed by atoms with Gasteiger partial charge >= 0.3 is 12.1 Å². The van der Waals surface area contributed by atoms with Crippen LogP contribution < -0.4 is 5.56 Å². The van der Waals surface area contributed by atoms with Gasteiger partial charge in [-0.15, -0.1) is 0 Å². The van der Waals surface area contributed by atoms with Crippen LogP contribution in [0.4, 0.5) is 13.2 Å². The number of methoxy groups -OCH3 is 1. The molecule has 0 atom stereocenters. The third kappa shape index (κ3) is 4.53. The monoisotopic (exact) mass is 416 g/mol. The van der Waals surface area contributed by atoms with Gasteiger partial charge in [0.25, 0.3) is 5.56 Å². The second-order valence-corrected chi connectivity index (χ2v) is 6.45. The molecule has 0 aliphatic rings. The lowest BCUT2D eigenvalue weighted by Crippen LogP contribution is -2.31. The van der Waals surface area contributed by atoms with E-state index in [0.717, 1.165) is 42.1 Å². The summed E-state index contributed by atoms with van der Waals surface area (Å²) in [5, 5.41) is -0.0673. The number of rotatable bonds is 4. The Morgan fingerprint density at radius 2 is 1.82 bits per heavy atom. The van der Waals surface area contributed by atoms with Crippen molar-refractivity contribution in [1.82, 2.24) is 9.47 Å². The molecule has 2 rings (SSSR count). The fourth-order valence-electron chi connectivity index (χ4n) is 2.39. The fraction of sp³-hybridized carbons (Fsp3) is 0.278. The van der Waals surface area contributed by atoms with Crippen molar-refractivity contribution in [2.75, 3.05) is 21.2 Å². The molecule has 0 spiro atoms. The van der Waals surface area contributed by atoms with Gasteiger partial charge in [-0.2, -0.15) is 13.2 Å². The highest BCUT2D eigenvalue weighted by Gasteiger charge is 2.31. The van der Waals surface area contributed by atoms with Gasteiger partial charge in [-0.3, -0.25) is 9.59 Å². The quantitative estimate of drug-likeness (QED) is 0.718. The Labute approximate surface area is 163 Å². The first-order valence-corrected chi connectivity index (χ1v) is 8.23. The van der Waals surface area contributed by atoms with E-state index in [4.69, 9.17) is 11.6 Å². The normalized spacial score (nSPS) is 11.2. The van der Waals surface area contributed by atoms with Crippen LogP contribution in [0.3, 0.4) is 0 Å². The van der Waals surface area contributed by atoms with Gasteiger partial charge in [0.15, 0.2) is 0 Å². The molecule has 28 heavy (non-hydrogen) atoms. The smallest absolute Gasteiger partial charge is 0.416 e. The van der Waals surface area contributed by atoms with E-state index in [0.29, 0.717) is 0 Å². The standard InChI is InChI=1S/C18H16ClF3N2O4/c1-23(2)16(26)9-24-8-13(12(7-15(24)25)17(27)28-3)11-6-10(18(20,21)22)4-5-14(11)19/h4-8H,9H2,1-3H3. The number of likely N-dealkylation sites (N-methyl/N-ethyl adjacent to an activating group) is 1. The molecule has 1 heterocycles. The van der Waals surface area contributed by atoms with Crippen molar-refractivity contribution < 1.29 is 27.5 Å². The Morgan fingerprint density at radius 3 is 2.36 bits per heavy atom. The number of hydrogen-bond donors (Lipinski definition) is 0. The van der Waals surface area contributed by atoms with Crippen LogP contribution in [0.2, 0.25) is 5.02 Å². The number of alkyl halides is 3. The average molecular weight is 417 g/mol. The summed E-state index contributed by atoms with van der Waals surface area (Å²) in [5.41, 5.74) is -2.12. The van der Waals surface area contributed by atoms with E-state index >= 15 is 0 Å². The van der Waals surface area contributed by atoms with E-state index in [1.807, 2.05) is 0 Å². The van der Waals surface area contributed by atoms with Crippen LogP contribution in [0, 0.1) is 0 Å². The highest BCUT2D eigenvalue weighted by Crippen LogP contribution is 2.37. The predicted octanol–water partition coefficient (Wildman–Crippen LogP) is 3.06. The first kappa shape index (κ1) is 21.5. The Kier molecular flexibility index (Phi) is 6.18. The van der Waals surface area contributed by atoms with Crippen LogP contribution in [0.25, 0.3) is 11.1 Å². The number of carbonyl (C=O) groups excluding carboxylic acids is 2. The van der Waals surface area contributed by atoms with Gasteiger partial charge in [-0.25, -0.2) is 4.79 Å². The van der Waals surface area contributed by atoms with Crippen LogP contribution in [-0.2, 0) is 22.3 Å². The van der Waals surface area contributed by atoms with Crippen molar-refractivity contribution in [3.63, 3.8) is 0 Å². The minimum Gasteiger partial charge on any atom is -0.465 e. The summed E-state index contributed by atoms with van der Waals surface area (Å²) in [4.78, 5) is 37.6. The Morgan fingerprint density at radius 1 is 1.18 bits per heavy atom. The molecule has 1 aromatic heterocycles. The molecular weight excluding hydrogens is 401 g/mol. The summed E-state index contributed by atoms with van der Waals surface area (Å²) in [6.07, 6.45) is -3.52. The van der Waals surface area contributed by atoms with Crippen LogP contribution in [0.1, 0.15) is 15.9 Å². The molecule has 0 bridgehead atoms. The molecular formula is C18H16ClF3N2O4. The average Bonchev–Trinajstić information content (AvgIpc) is 2.61. The van der Waals surface area contributed by atoms with Crippen molar-refractivity contribution in [1.29, 1.82) is 0 Å². The van der Waals surface area contributed by atoms with Gasteiger partial charge in [-0.1, -0.05) is 11.6 Å². The maximum Gasteiger partial charge on any atom is 0.416 e. The minimum absolute atomic E-state index is 0.0610. The van der Waals surface area contributed by atoms with Crippen LogP contribution in [-0.4, -0.2) is 42.5 Å². The zero-order valence-electron chi connectivity index (χ0n) is 15.1. The fourth-order valence-corrected chi connectivity index (χ4v) is 2.60. The third-order valence-electron chi connectivity index (χ3n) is 3.92. The number of pyridine rings is 1. The molecule has 0 radical (unpaired) electrons. The Balaban J connectivity index is 2.75. The highest BCUT2D eigenvalue weighted by atomic mass is 35.5. The van der Waals surface area contributed by atoms with Crippen LogP contribution >= 0.6 is 11.6 Å². The van der Waals surface area contributed by atoms with E-state index in [9.17, 15) is 27.6 Å². The number of nitrogens with zero attached hydrogens (tertiary/aromatic N) is 2. The van der Waals surface area contributed by atoms with Crippen molar-refractivity contribution in [3.8, 4) is 11.1 Å². The number of aromatic nitrogens is 1. The van der Waals surface area contributed by atoms with E-state index in [2.05, 4.69) is 4.74 Å². The molecule has 0 N–H and O–H groups in total. The number of amides is 1. The first-order chi connectivity index (χ1) is 13.0. The van der Waals surface area contributed by atoms with E-state index in [1.165, 1.54) is 19.0 Å². The van der Waals surface area contributed by atoms with Crippen LogP contribution in [0.15, 0.2) is 35.3 Å². The molecule has 0 unspecified atom stereocenters. The van der Waals surface area contributed by atoms with Crippen molar-refractivity contribution in [2.24, 2.45) is 0 Å². The van der Waals surface area contributed by atoms with Gasteiger partial charge in [0, 0.05) is 42.5 Å². The van der Waals surface area contributed by atoms with E-state index in [-0.39, 0.29) is 28.3 Å². The van der Waals surface area contributed by atoms with E-state index in [1.54, 1.807) is 0 Å². The molecule has 1 aromatic carbocycles. The molecule has 1 amide bonds. The zero-order valence-corrected chi connectivity index (χ0v) is 15.9. The molecule has 0 aliphatic heterocycles. The molecule has 10 heteroatoms. The second-order valence-electron chi connectivity index (χ2n) is 6.04. The van der Waals surface area contributed by atoms with Gasteiger partial charge in [0.05, 0.1) is 18.2 Å². The maximum absolute atomic E-state index is 13.1. The van der Waals surface area contributed by atoms with E-state index < -0.39 is 29.2 Å². The molecule has 6 nitrogen and oxygen atoms in total. The highest BCUT2D eigenvalue weighted by molar-refractivity contribution is 6.33. The predicted molar refractivity (Wildman–Crippen MR) is 96.2 cm³/mol. The first-order valence-electron chi connectivity index (χ1n) is 7.85. The molecule has 0 aliphatic carbocycles. The Bertz CT molecular complexity index is 984. The summed E-state index contributed by atoms with van der Waals surface area (Å²) >= 11 is 6.07. The van der Waals surface area contributed by atoms with Gasteiger partial charge in [0.2, 0.25) is 5.91 Å². The molecule has 2 aromatic rings. The molecule has 150 valence electrons. The van der Waals surface area contributed by atoms with Crippen molar-refractivity contribution in [3.05, 3.63) is 57.0 Å². The number of carbonyl (C=O) groups is 2.